The van der Waals surface area contributed by atoms with Crippen LogP contribution in [0.4, 0.5) is 11.5 Å². The molecule has 0 spiro atoms. The first-order valence-electron chi connectivity index (χ1n) is 8.01. The normalized spacial score (nSPS) is 10.6. The van der Waals surface area contributed by atoms with E-state index in [1.54, 1.807) is 0 Å². The Morgan fingerprint density at radius 2 is 1.88 bits per heavy atom. The van der Waals surface area contributed by atoms with Crippen molar-refractivity contribution in [1.82, 2.24) is 9.97 Å². The van der Waals surface area contributed by atoms with Crippen LogP contribution in [0.5, 0.6) is 5.75 Å². The number of rotatable bonds is 7. The zero-order valence-electron chi connectivity index (χ0n) is 13.9. The highest BCUT2D eigenvalue weighted by atomic mass is 16.5. The van der Waals surface area contributed by atoms with Gasteiger partial charge in [-0.15, -0.1) is 0 Å². The number of carbonyl (C=O) groups excluding carboxylic acids is 1. The third kappa shape index (κ3) is 4.30. The molecule has 6 heteroatoms. The molecule has 0 saturated heterocycles. The summed E-state index contributed by atoms with van der Waals surface area (Å²) in [5, 5.41) is 12.9. The Morgan fingerprint density at radius 1 is 1.12 bits per heavy atom. The molecule has 3 aromatic rings. The number of aryl methyl sites for hydroxylation is 1. The van der Waals surface area contributed by atoms with E-state index in [0.29, 0.717) is 11.6 Å². The first-order chi connectivity index (χ1) is 12.2. The lowest BCUT2D eigenvalue weighted by atomic mass is 10.2. The van der Waals surface area contributed by atoms with Crippen molar-refractivity contribution in [2.75, 3.05) is 18.5 Å². The molecule has 128 valence electrons. The van der Waals surface area contributed by atoms with Gasteiger partial charge in [-0.05, 0) is 43.3 Å². The lowest BCUT2D eigenvalue weighted by molar-refractivity contribution is -0.122. The molecule has 0 aliphatic rings. The predicted molar refractivity (Wildman–Crippen MR) is 96.2 cm³/mol. The number of hydrogen-bond acceptors (Lipinski definition) is 6. The number of para-hydroxylation sites is 1. The number of nitrogens with zero attached hydrogens (tertiary/aromatic N) is 2. The molecule has 2 aromatic carbocycles. The highest BCUT2D eigenvalue weighted by molar-refractivity contribution is 5.90. The second kappa shape index (κ2) is 7.72. The Hall–Kier alpha value is -2.99. The number of aromatic nitrogens is 2. The third-order valence-corrected chi connectivity index (χ3v) is 3.66. The maximum Gasteiger partial charge on any atom is 0.161 e. The summed E-state index contributed by atoms with van der Waals surface area (Å²) < 4.78 is 5.49. The summed E-state index contributed by atoms with van der Waals surface area (Å²) in [7, 11) is 0. The third-order valence-electron chi connectivity index (χ3n) is 3.66. The Balaban J connectivity index is 1.71. The first-order valence-corrected chi connectivity index (χ1v) is 8.01. The van der Waals surface area contributed by atoms with Crippen molar-refractivity contribution in [2.24, 2.45) is 0 Å². The summed E-state index contributed by atoms with van der Waals surface area (Å²) in [4.78, 5) is 20.0. The Bertz CT molecular complexity index is 879. The molecule has 1 aromatic heterocycles. The molecule has 0 saturated carbocycles. The second-order valence-corrected chi connectivity index (χ2v) is 5.58. The number of hydrogen-bond donors (Lipinski definition) is 2. The SMILES string of the molecule is Cc1nc(Nc2ccc(OCCC(=O)CO)cc2)c2ccccc2n1. The molecule has 0 atom stereocenters. The van der Waals surface area contributed by atoms with Crippen LogP contribution in [0.15, 0.2) is 48.5 Å². The molecule has 0 radical (unpaired) electrons. The molecule has 0 unspecified atom stereocenters. The van der Waals surface area contributed by atoms with Gasteiger partial charge in [0.25, 0.3) is 0 Å². The van der Waals surface area contributed by atoms with Gasteiger partial charge in [0.1, 0.15) is 24.0 Å². The monoisotopic (exact) mass is 337 g/mol. The summed E-state index contributed by atoms with van der Waals surface area (Å²) in [6.45, 7) is 1.67. The van der Waals surface area contributed by atoms with Crippen molar-refractivity contribution >= 4 is 28.2 Å². The predicted octanol–water partition coefficient (Wildman–Crippen LogP) is 3.01. The number of benzene rings is 2. The van der Waals surface area contributed by atoms with Crippen LogP contribution in [0.1, 0.15) is 12.2 Å². The number of anilines is 2. The summed E-state index contributed by atoms with van der Waals surface area (Å²) in [6, 6.07) is 15.3. The molecule has 1 heterocycles. The smallest absolute Gasteiger partial charge is 0.161 e. The average Bonchev–Trinajstić information content (AvgIpc) is 2.63. The molecule has 3 rings (SSSR count). The van der Waals surface area contributed by atoms with E-state index in [2.05, 4.69) is 15.3 Å². The van der Waals surface area contributed by atoms with Crippen LogP contribution in [0.2, 0.25) is 0 Å². The molecule has 0 aliphatic heterocycles. The van der Waals surface area contributed by atoms with Gasteiger partial charge in [-0.25, -0.2) is 9.97 Å². The minimum Gasteiger partial charge on any atom is -0.493 e. The average molecular weight is 337 g/mol. The van der Waals surface area contributed by atoms with E-state index >= 15 is 0 Å². The van der Waals surface area contributed by atoms with Gasteiger partial charge in [0.2, 0.25) is 0 Å². The van der Waals surface area contributed by atoms with Crippen LogP contribution in [0.25, 0.3) is 10.9 Å². The minimum absolute atomic E-state index is 0.197. The topological polar surface area (TPSA) is 84.3 Å². The van der Waals surface area contributed by atoms with Crippen LogP contribution >= 0.6 is 0 Å². The van der Waals surface area contributed by atoms with Gasteiger partial charge >= 0.3 is 0 Å². The van der Waals surface area contributed by atoms with Gasteiger partial charge in [-0.2, -0.15) is 0 Å². The molecule has 2 N–H and O–H groups in total. The van der Waals surface area contributed by atoms with Crippen molar-refractivity contribution in [1.29, 1.82) is 0 Å². The van der Waals surface area contributed by atoms with Crippen molar-refractivity contribution in [3.63, 3.8) is 0 Å². The van der Waals surface area contributed by atoms with E-state index in [9.17, 15) is 4.79 Å². The summed E-state index contributed by atoms with van der Waals surface area (Å²) in [5.41, 5.74) is 1.77. The lowest BCUT2D eigenvalue weighted by Crippen LogP contribution is -2.09. The number of carbonyl (C=O) groups is 1. The number of aliphatic hydroxyl groups is 1. The van der Waals surface area contributed by atoms with Gasteiger partial charge < -0.3 is 15.2 Å². The molecule has 0 aliphatic carbocycles. The Morgan fingerprint density at radius 3 is 2.64 bits per heavy atom. The van der Waals surface area contributed by atoms with Gasteiger partial charge in [0.05, 0.1) is 12.1 Å². The van der Waals surface area contributed by atoms with Gasteiger partial charge in [-0.1, -0.05) is 12.1 Å². The van der Waals surface area contributed by atoms with E-state index in [4.69, 9.17) is 9.84 Å². The molecule has 6 nitrogen and oxygen atoms in total. The Kier molecular flexibility index (Phi) is 5.20. The second-order valence-electron chi connectivity index (χ2n) is 5.58. The summed E-state index contributed by atoms with van der Waals surface area (Å²) in [5.74, 6) is 1.89. The number of nitrogens with one attached hydrogen (secondary N) is 1. The lowest BCUT2D eigenvalue weighted by Gasteiger charge is -2.11. The van der Waals surface area contributed by atoms with E-state index in [1.165, 1.54) is 0 Å². The van der Waals surface area contributed by atoms with Gasteiger partial charge in [0.15, 0.2) is 5.78 Å². The van der Waals surface area contributed by atoms with E-state index in [0.717, 1.165) is 22.4 Å². The standard InChI is InChI=1S/C19H19N3O3/c1-13-20-18-5-3-2-4-17(18)19(21-13)22-14-6-8-16(9-7-14)25-11-10-15(24)12-23/h2-9,23H,10-12H2,1H3,(H,20,21,22). The van der Waals surface area contributed by atoms with E-state index < -0.39 is 6.61 Å². The van der Waals surface area contributed by atoms with E-state index in [1.807, 2.05) is 55.5 Å². The maximum atomic E-state index is 11.0. The van der Waals surface area contributed by atoms with E-state index in [-0.39, 0.29) is 18.8 Å². The summed E-state index contributed by atoms with van der Waals surface area (Å²) in [6.07, 6.45) is 0.197. The maximum absolute atomic E-state index is 11.0. The van der Waals surface area contributed by atoms with Gasteiger partial charge in [-0.3, -0.25) is 4.79 Å². The number of ether oxygens (including phenoxy) is 1. The van der Waals surface area contributed by atoms with Crippen LogP contribution in [-0.4, -0.2) is 34.1 Å². The number of aliphatic hydroxyl groups excluding tert-OH is 1. The summed E-state index contributed by atoms with van der Waals surface area (Å²) >= 11 is 0. The zero-order valence-corrected chi connectivity index (χ0v) is 13.9. The van der Waals surface area contributed by atoms with Crippen molar-refractivity contribution < 1.29 is 14.6 Å². The number of Topliss-reactive ketones (excluding diaryl/α,β-unsaturated/α-hetero) is 1. The van der Waals surface area contributed by atoms with Gasteiger partial charge in [0, 0.05) is 17.5 Å². The highest BCUT2D eigenvalue weighted by Gasteiger charge is 2.06. The fourth-order valence-corrected chi connectivity index (χ4v) is 2.42. The molecular weight excluding hydrogens is 318 g/mol. The largest absolute Gasteiger partial charge is 0.493 e. The molecule has 0 fully saturated rings. The van der Waals surface area contributed by atoms with Crippen LogP contribution < -0.4 is 10.1 Å². The number of ketones is 1. The fourth-order valence-electron chi connectivity index (χ4n) is 2.42. The molecule has 25 heavy (non-hydrogen) atoms. The highest BCUT2D eigenvalue weighted by Crippen LogP contribution is 2.25. The first kappa shape index (κ1) is 16.9. The van der Waals surface area contributed by atoms with Crippen molar-refractivity contribution in [2.45, 2.75) is 13.3 Å². The zero-order chi connectivity index (χ0) is 17.6. The van der Waals surface area contributed by atoms with Crippen molar-refractivity contribution in [3.8, 4) is 5.75 Å². The number of fused-ring (bicyclic) bond motifs is 1. The molecule has 0 amide bonds. The quantitative estimate of drug-likeness (QED) is 0.689. The minimum atomic E-state index is -0.446. The van der Waals surface area contributed by atoms with Crippen LogP contribution in [-0.2, 0) is 4.79 Å². The molecule has 0 bridgehead atoms. The fraction of sp³-hybridized carbons (Fsp3) is 0.211. The van der Waals surface area contributed by atoms with Crippen LogP contribution in [0, 0.1) is 6.92 Å². The molecular formula is C19H19N3O3. The Labute approximate surface area is 145 Å². The van der Waals surface area contributed by atoms with Crippen LogP contribution in [0.3, 0.4) is 0 Å². The van der Waals surface area contributed by atoms with Crippen molar-refractivity contribution in [3.05, 3.63) is 54.4 Å².